The Morgan fingerprint density at radius 3 is 1.88 bits per heavy atom. The van der Waals surface area contributed by atoms with Crippen molar-refractivity contribution in [3.05, 3.63) is 176 Å². The van der Waals surface area contributed by atoms with Gasteiger partial charge in [0.05, 0.1) is 27.4 Å². The summed E-state index contributed by atoms with van der Waals surface area (Å²) in [5, 5.41) is 9.51. The number of fused-ring (bicyclic) bond motifs is 10. The highest BCUT2D eigenvalue weighted by Crippen LogP contribution is 2.41. The monoisotopic (exact) mass is 667 g/mol. The average Bonchev–Trinajstić information content (AvgIpc) is 3.85. The minimum atomic E-state index is -2.94. The largest absolute Gasteiger partial charge is 0.456 e. The normalized spacial score (nSPS) is 13.3. The third-order valence-corrected chi connectivity index (χ3v) is 15.4. The van der Waals surface area contributed by atoms with E-state index in [-0.39, 0.29) is 0 Å². The Bertz CT molecular complexity index is 2930. The maximum absolute atomic E-state index is 6.46. The van der Waals surface area contributed by atoms with E-state index in [2.05, 4.69) is 168 Å². The highest BCUT2D eigenvalue weighted by atomic mass is 28.3. The topological polar surface area (TPSA) is 43.9 Å². The van der Waals surface area contributed by atoms with Crippen molar-refractivity contribution < 1.29 is 4.42 Å². The Labute approximate surface area is 294 Å². The van der Waals surface area contributed by atoms with Gasteiger partial charge in [-0.05, 0) is 45.4 Å². The number of para-hydroxylation sites is 2. The molecule has 51 heavy (non-hydrogen) atoms. The van der Waals surface area contributed by atoms with E-state index < -0.39 is 8.07 Å². The summed E-state index contributed by atoms with van der Waals surface area (Å²) in [4.78, 5) is 11.5. The summed E-state index contributed by atoms with van der Waals surface area (Å²) in [5.41, 5.74) is 8.18. The van der Waals surface area contributed by atoms with Crippen LogP contribution in [0.5, 0.6) is 0 Å². The van der Waals surface area contributed by atoms with E-state index in [9.17, 15) is 0 Å². The lowest BCUT2D eigenvalue weighted by Gasteiger charge is -2.30. The second-order valence-corrected chi connectivity index (χ2v) is 16.9. The third-order valence-electron chi connectivity index (χ3n) is 10.7. The van der Waals surface area contributed by atoms with E-state index in [1.54, 1.807) is 0 Å². The van der Waals surface area contributed by atoms with Crippen LogP contribution in [0.3, 0.4) is 0 Å². The molecule has 0 saturated heterocycles. The van der Waals surface area contributed by atoms with Crippen LogP contribution in [0.4, 0.5) is 0 Å². The van der Waals surface area contributed by atoms with E-state index in [0.717, 1.165) is 65.9 Å². The van der Waals surface area contributed by atoms with Gasteiger partial charge in [-0.15, -0.1) is 0 Å². The molecule has 0 aliphatic carbocycles. The molecule has 1 aliphatic rings. The molecule has 4 heterocycles. The highest BCUT2D eigenvalue weighted by Gasteiger charge is 2.51. The molecule has 4 nitrogen and oxygen atoms in total. The Morgan fingerprint density at radius 1 is 0.490 bits per heavy atom. The summed E-state index contributed by atoms with van der Waals surface area (Å²) in [6.07, 6.45) is 0. The third kappa shape index (κ3) is 3.84. The van der Waals surface area contributed by atoms with Gasteiger partial charge < -0.3 is 4.42 Å². The van der Waals surface area contributed by atoms with Crippen LogP contribution in [0.1, 0.15) is 0 Å². The van der Waals surface area contributed by atoms with E-state index in [1.807, 2.05) is 12.1 Å². The molecule has 0 radical (unpaired) electrons. The minimum Gasteiger partial charge on any atom is -0.456 e. The minimum absolute atomic E-state index is 0.660. The lowest BCUT2D eigenvalue weighted by Crippen LogP contribution is -2.73. The van der Waals surface area contributed by atoms with Crippen molar-refractivity contribution in [2.24, 2.45) is 0 Å². The van der Waals surface area contributed by atoms with Gasteiger partial charge in [0, 0.05) is 27.3 Å². The molecule has 0 fully saturated rings. The molecule has 0 spiro atoms. The summed E-state index contributed by atoms with van der Waals surface area (Å²) < 4.78 is 8.75. The van der Waals surface area contributed by atoms with Gasteiger partial charge >= 0.3 is 0 Å². The number of hydrogen-bond acceptors (Lipinski definition) is 3. The molecule has 5 heteroatoms. The highest BCUT2D eigenvalue weighted by molar-refractivity contribution is 7.21. The van der Waals surface area contributed by atoms with Gasteiger partial charge in [0.2, 0.25) is 14.0 Å². The van der Waals surface area contributed by atoms with Gasteiger partial charge in [0.15, 0.2) is 0 Å². The SMILES string of the molecule is c1ccc(-c2nc(-n3c4ccccc4c4ccc5oc6ccccc6c5c43)nc3c2-c2ccccc2[Si]3(c2ccccc2)c2ccccc2)cc1. The fraction of sp³-hybridized carbons (Fsp3) is 0. The summed E-state index contributed by atoms with van der Waals surface area (Å²) in [7, 11) is -2.94. The fourth-order valence-electron chi connectivity index (χ4n) is 8.64. The molecule has 0 atom stereocenters. The quantitative estimate of drug-likeness (QED) is 0.177. The van der Waals surface area contributed by atoms with Crippen LogP contribution in [0.25, 0.3) is 72.1 Å². The standard InChI is InChI=1S/C46H29N3OSi/c1-4-16-30(17-5-1)43-42-36-24-12-15-27-40(36)51(31-18-6-2-7-19-31,32-20-8-3-9-21-32)45(42)48-46(47-43)49-37-25-13-10-22-33(37)34-28-29-39-41(44(34)49)35-23-11-14-26-38(35)50-39/h1-29H. The molecular weight excluding hydrogens is 639 g/mol. The molecule has 238 valence electrons. The van der Waals surface area contributed by atoms with Gasteiger partial charge in [0.25, 0.3) is 0 Å². The van der Waals surface area contributed by atoms with Crippen molar-refractivity contribution in [1.29, 1.82) is 0 Å². The molecule has 10 aromatic rings. The van der Waals surface area contributed by atoms with Crippen LogP contribution in [0.2, 0.25) is 0 Å². The van der Waals surface area contributed by atoms with E-state index in [1.165, 1.54) is 21.1 Å². The van der Waals surface area contributed by atoms with Gasteiger partial charge in [-0.1, -0.05) is 152 Å². The molecule has 7 aromatic carbocycles. The van der Waals surface area contributed by atoms with Crippen molar-refractivity contribution in [2.75, 3.05) is 0 Å². The molecule has 0 saturated carbocycles. The molecule has 0 bridgehead atoms. The van der Waals surface area contributed by atoms with Crippen molar-refractivity contribution in [3.8, 4) is 28.3 Å². The summed E-state index contributed by atoms with van der Waals surface area (Å²) in [6, 6.07) is 62.9. The predicted octanol–water partition coefficient (Wildman–Crippen LogP) is 8.50. The first-order valence-corrected chi connectivity index (χ1v) is 19.3. The zero-order chi connectivity index (χ0) is 33.5. The van der Waals surface area contributed by atoms with Crippen LogP contribution in [0.15, 0.2) is 180 Å². The van der Waals surface area contributed by atoms with Crippen LogP contribution in [-0.4, -0.2) is 22.6 Å². The summed E-state index contributed by atoms with van der Waals surface area (Å²) in [5.74, 6) is 0.660. The number of nitrogens with zero attached hydrogens (tertiary/aromatic N) is 3. The summed E-state index contributed by atoms with van der Waals surface area (Å²) >= 11 is 0. The van der Waals surface area contributed by atoms with Crippen LogP contribution in [0, 0.1) is 0 Å². The number of benzene rings is 7. The number of furan rings is 1. The van der Waals surface area contributed by atoms with Crippen molar-refractivity contribution >= 4 is 72.7 Å². The second kappa shape index (κ2) is 10.7. The Hall–Kier alpha value is -6.56. The smallest absolute Gasteiger partial charge is 0.235 e. The van der Waals surface area contributed by atoms with E-state index in [0.29, 0.717) is 5.95 Å². The van der Waals surface area contributed by atoms with Gasteiger partial charge in [-0.3, -0.25) is 4.57 Å². The molecule has 0 N–H and O–H groups in total. The maximum atomic E-state index is 6.46. The zero-order valence-electron chi connectivity index (χ0n) is 27.5. The first-order valence-electron chi connectivity index (χ1n) is 17.3. The second-order valence-electron chi connectivity index (χ2n) is 13.3. The van der Waals surface area contributed by atoms with Crippen LogP contribution < -0.4 is 20.9 Å². The molecule has 3 aromatic heterocycles. The van der Waals surface area contributed by atoms with Gasteiger partial charge in [-0.25, -0.2) is 9.97 Å². The van der Waals surface area contributed by atoms with Crippen LogP contribution in [-0.2, 0) is 0 Å². The van der Waals surface area contributed by atoms with E-state index >= 15 is 0 Å². The Morgan fingerprint density at radius 2 is 1.12 bits per heavy atom. The first-order chi connectivity index (χ1) is 25.3. The first kappa shape index (κ1) is 28.3. The fourth-order valence-corrected chi connectivity index (χ4v) is 13.6. The van der Waals surface area contributed by atoms with Crippen molar-refractivity contribution in [1.82, 2.24) is 14.5 Å². The Balaban J connectivity index is 1.36. The average molecular weight is 668 g/mol. The summed E-state index contributed by atoms with van der Waals surface area (Å²) in [6.45, 7) is 0. The molecule has 1 aliphatic heterocycles. The van der Waals surface area contributed by atoms with Crippen LogP contribution >= 0.6 is 0 Å². The molecule has 11 rings (SSSR count). The van der Waals surface area contributed by atoms with Crippen molar-refractivity contribution in [2.45, 2.75) is 0 Å². The molecule has 0 amide bonds. The predicted molar refractivity (Wildman–Crippen MR) is 212 cm³/mol. The Kier molecular flexibility index (Phi) is 5.95. The van der Waals surface area contributed by atoms with Crippen molar-refractivity contribution in [3.63, 3.8) is 0 Å². The van der Waals surface area contributed by atoms with Gasteiger partial charge in [0.1, 0.15) is 11.2 Å². The zero-order valence-corrected chi connectivity index (χ0v) is 28.5. The van der Waals surface area contributed by atoms with E-state index in [4.69, 9.17) is 14.4 Å². The number of rotatable bonds is 4. The number of hydrogen-bond donors (Lipinski definition) is 0. The maximum Gasteiger partial charge on any atom is 0.235 e. The molecular formula is C46H29N3OSi. The lowest BCUT2D eigenvalue weighted by atomic mass is 10.0. The van der Waals surface area contributed by atoms with Gasteiger partial charge in [-0.2, -0.15) is 0 Å². The lowest BCUT2D eigenvalue weighted by molar-refractivity contribution is 0.669. The number of aromatic nitrogens is 3. The molecule has 0 unspecified atom stereocenters.